The van der Waals surface area contributed by atoms with Crippen molar-refractivity contribution in [3.8, 4) is 11.4 Å². The minimum Gasteiger partial charge on any atom is -0.477 e. The molecule has 1 aliphatic carbocycles. The average molecular weight is 255 g/mol. The van der Waals surface area contributed by atoms with Gasteiger partial charge in [-0.15, -0.1) is 0 Å². The highest BCUT2D eigenvalue weighted by Crippen LogP contribution is 2.25. The molecule has 1 fully saturated rings. The maximum absolute atomic E-state index is 11.1. The van der Waals surface area contributed by atoms with Crippen molar-refractivity contribution in [3.05, 3.63) is 42.1 Å². The summed E-state index contributed by atoms with van der Waals surface area (Å²) in [4.78, 5) is 19.6. The summed E-state index contributed by atoms with van der Waals surface area (Å²) in [5, 5.41) is 12.3. The molecule has 96 valence electrons. The largest absolute Gasteiger partial charge is 0.477 e. The molecule has 0 radical (unpaired) electrons. The highest BCUT2D eigenvalue weighted by molar-refractivity contribution is 5.87. The molecule has 3 rings (SSSR count). The summed E-state index contributed by atoms with van der Waals surface area (Å²) in [6.45, 7) is 0. The fourth-order valence-corrected chi connectivity index (χ4v) is 1.78. The lowest BCUT2D eigenvalue weighted by molar-refractivity contribution is 0.0690. The van der Waals surface area contributed by atoms with E-state index >= 15 is 0 Å². The van der Waals surface area contributed by atoms with E-state index < -0.39 is 5.97 Å². The lowest BCUT2D eigenvalue weighted by atomic mass is 10.2. The van der Waals surface area contributed by atoms with Gasteiger partial charge in [-0.2, -0.15) is 0 Å². The first kappa shape index (κ1) is 11.6. The summed E-state index contributed by atoms with van der Waals surface area (Å²) < 4.78 is 0. The summed E-state index contributed by atoms with van der Waals surface area (Å²) in [7, 11) is 0. The third kappa shape index (κ3) is 2.70. The van der Waals surface area contributed by atoms with Crippen molar-refractivity contribution in [2.75, 3.05) is 5.32 Å². The molecule has 0 bridgehead atoms. The summed E-state index contributed by atoms with van der Waals surface area (Å²) in [6, 6.07) is 11.3. The van der Waals surface area contributed by atoms with Crippen LogP contribution in [0.1, 0.15) is 23.3 Å². The first-order chi connectivity index (χ1) is 9.22. The topological polar surface area (TPSA) is 75.1 Å². The van der Waals surface area contributed by atoms with E-state index in [2.05, 4.69) is 15.3 Å². The molecule has 5 heteroatoms. The second-order valence-electron chi connectivity index (χ2n) is 4.55. The highest BCUT2D eigenvalue weighted by atomic mass is 16.4. The minimum absolute atomic E-state index is 0.0111. The molecule has 1 aromatic carbocycles. The number of carboxylic acids is 1. The van der Waals surface area contributed by atoms with Crippen LogP contribution in [-0.4, -0.2) is 27.1 Å². The molecule has 1 heterocycles. The van der Waals surface area contributed by atoms with Gasteiger partial charge in [0.25, 0.3) is 0 Å². The Balaban J connectivity index is 2.02. The molecule has 0 amide bonds. The van der Waals surface area contributed by atoms with Crippen molar-refractivity contribution in [1.82, 2.24) is 9.97 Å². The van der Waals surface area contributed by atoms with Crippen LogP contribution < -0.4 is 5.32 Å². The van der Waals surface area contributed by atoms with E-state index in [1.54, 1.807) is 0 Å². The van der Waals surface area contributed by atoms with Gasteiger partial charge in [0.2, 0.25) is 0 Å². The van der Waals surface area contributed by atoms with Gasteiger partial charge in [-0.1, -0.05) is 30.3 Å². The van der Waals surface area contributed by atoms with Gasteiger partial charge in [-0.05, 0) is 12.8 Å². The van der Waals surface area contributed by atoms with Crippen LogP contribution in [0.4, 0.5) is 5.82 Å². The predicted molar refractivity (Wildman–Crippen MR) is 71.1 cm³/mol. The third-order valence-corrected chi connectivity index (χ3v) is 2.91. The van der Waals surface area contributed by atoms with Crippen LogP contribution in [0.5, 0.6) is 0 Å². The molecule has 1 aromatic heterocycles. The zero-order valence-electron chi connectivity index (χ0n) is 10.2. The Kier molecular flexibility index (Phi) is 2.87. The van der Waals surface area contributed by atoms with Gasteiger partial charge in [0.05, 0.1) is 0 Å². The maximum atomic E-state index is 11.1. The van der Waals surface area contributed by atoms with Gasteiger partial charge in [0.15, 0.2) is 11.5 Å². The zero-order valence-corrected chi connectivity index (χ0v) is 10.2. The molecule has 1 saturated carbocycles. The minimum atomic E-state index is -1.04. The normalized spacial score (nSPS) is 14.1. The zero-order chi connectivity index (χ0) is 13.2. The molecule has 1 aliphatic rings. The van der Waals surface area contributed by atoms with E-state index in [4.69, 9.17) is 5.11 Å². The van der Waals surface area contributed by atoms with Crippen LogP contribution in [0.15, 0.2) is 36.4 Å². The van der Waals surface area contributed by atoms with Crippen molar-refractivity contribution in [2.24, 2.45) is 0 Å². The molecular formula is C14H13N3O2. The molecule has 2 N–H and O–H groups in total. The summed E-state index contributed by atoms with van der Waals surface area (Å²) >= 11 is 0. The molecule has 19 heavy (non-hydrogen) atoms. The number of aromatic carboxylic acids is 1. The fourth-order valence-electron chi connectivity index (χ4n) is 1.78. The second-order valence-corrected chi connectivity index (χ2v) is 4.55. The average Bonchev–Trinajstić information content (AvgIpc) is 3.23. The van der Waals surface area contributed by atoms with E-state index in [1.807, 2.05) is 30.3 Å². The highest BCUT2D eigenvalue weighted by Gasteiger charge is 2.22. The van der Waals surface area contributed by atoms with Crippen LogP contribution in [0.3, 0.4) is 0 Å². The Hall–Kier alpha value is -2.43. The Morgan fingerprint density at radius 1 is 1.21 bits per heavy atom. The van der Waals surface area contributed by atoms with Crippen molar-refractivity contribution >= 4 is 11.8 Å². The van der Waals surface area contributed by atoms with Crippen LogP contribution in [0, 0.1) is 0 Å². The molecule has 2 aromatic rings. The van der Waals surface area contributed by atoms with Gasteiger partial charge in [-0.25, -0.2) is 14.8 Å². The number of rotatable bonds is 4. The van der Waals surface area contributed by atoms with Crippen LogP contribution in [-0.2, 0) is 0 Å². The summed E-state index contributed by atoms with van der Waals surface area (Å²) in [5.74, 6) is -0.0316. The number of aromatic nitrogens is 2. The monoisotopic (exact) mass is 255 g/mol. The van der Waals surface area contributed by atoms with Gasteiger partial charge >= 0.3 is 5.97 Å². The molecule has 0 aliphatic heterocycles. The Morgan fingerprint density at radius 3 is 2.58 bits per heavy atom. The van der Waals surface area contributed by atoms with E-state index in [0.29, 0.717) is 17.7 Å². The van der Waals surface area contributed by atoms with Crippen molar-refractivity contribution < 1.29 is 9.90 Å². The van der Waals surface area contributed by atoms with Crippen molar-refractivity contribution in [1.29, 1.82) is 0 Å². The SMILES string of the molecule is O=C(O)c1cc(NC2CC2)nc(-c2ccccc2)n1. The summed E-state index contributed by atoms with van der Waals surface area (Å²) in [6.07, 6.45) is 2.21. The number of anilines is 1. The number of benzene rings is 1. The Labute approximate surface area is 110 Å². The molecule has 5 nitrogen and oxygen atoms in total. The second kappa shape index (κ2) is 4.68. The Morgan fingerprint density at radius 2 is 1.95 bits per heavy atom. The van der Waals surface area contributed by atoms with E-state index in [-0.39, 0.29) is 5.69 Å². The lowest BCUT2D eigenvalue weighted by Crippen LogP contribution is -2.09. The number of hydrogen-bond donors (Lipinski definition) is 2. The first-order valence-corrected chi connectivity index (χ1v) is 6.17. The fraction of sp³-hybridized carbons (Fsp3) is 0.214. The van der Waals surface area contributed by atoms with Crippen LogP contribution >= 0.6 is 0 Å². The molecule has 0 spiro atoms. The van der Waals surface area contributed by atoms with Crippen molar-refractivity contribution in [3.63, 3.8) is 0 Å². The van der Waals surface area contributed by atoms with Gasteiger partial charge in [-0.3, -0.25) is 0 Å². The van der Waals surface area contributed by atoms with Gasteiger partial charge in [0.1, 0.15) is 5.82 Å². The summed E-state index contributed by atoms with van der Waals surface area (Å²) in [5.41, 5.74) is 0.821. The smallest absolute Gasteiger partial charge is 0.354 e. The Bertz CT molecular complexity index is 609. The van der Waals surface area contributed by atoms with E-state index in [0.717, 1.165) is 18.4 Å². The number of carbonyl (C=O) groups is 1. The number of nitrogens with one attached hydrogen (secondary N) is 1. The molecule has 0 atom stereocenters. The van der Waals surface area contributed by atoms with Gasteiger partial charge < -0.3 is 10.4 Å². The lowest BCUT2D eigenvalue weighted by Gasteiger charge is -2.07. The number of nitrogens with zero attached hydrogens (tertiary/aromatic N) is 2. The van der Waals surface area contributed by atoms with Crippen LogP contribution in [0.25, 0.3) is 11.4 Å². The third-order valence-electron chi connectivity index (χ3n) is 2.91. The van der Waals surface area contributed by atoms with E-state index in [9.17, 15) is 4.79 Å². The quantitative estimate of drug-likeness (QED) is 0.877. The molecule has 0 unspecified atom stereocenters. The van der Waals surface area contributed by atoms with E-state index in [1.165, 1.54) is 6.07 Å². The number of hydrogen-bond acceptors (Lipinski definition) is 4. The maximum Gasteiger partial charge on any atom is 0.354 e. The van der Waals surface area contributed by atoms with Crippen molar-refractivity contribution in [2.45, 2.75) is 18.9 Å². The number of carboxylic acid groups (broad SMARTS) is 1. The molecular weight excluding hydrogens is 242 g/mol. The predicted octanol–water partition coefficient (Wildman–Crippen LogP) is 2.42. The standard InChI is InChI=1S/C14H13N3O2/c18-14(19)11-8-12(15-10-6-7-10)17-13(16-11)9-4-2-1-3-5-9/h1-5,8,10H,6-7H2,(H,18,19)(H,15,16,17). The van der Waals surface area contributed by atoms with Gasteiger partial charge in [0, 0.05) is 17.7 Å². The van der Waals surface area contributed by atoms with Crippen LogP contribution in [0.2, 0.25) is 0 Å². The first-order valence-electron chi connectivity index (χ1n) is 6.17. The molecule has 0 saturated heterocycles.